The molecule has 2 heterocycles. The third-order valence-corrected chi connectivity index (χ3v) is 6.80. The van der Waals surface area contributed by atoms with Crippen LogP contribution in [0.1, 0.15) is 43.5 Å². The molecule has 138 valence electrons. The van der Waals surface area contributed by atoms with Crippen LogP contribution in [0.15, 0.2) is 29.2 Å². The fourth-order valence-corrected chi connectivity index (χ4v) is 4.96. The van der Waals surface area contributed by atoms with Crippen molar-refractivity contribution >= 4 is 15.9 Å². The maximum Gasteiger partial charge on any atom is 0.254 e. The molecule has 0 aliphatic carbocycles. The van der Waals surface area contributed by atoms with E-state index in [9.17, 15) is 13.2 Å². The summed E-state index contributed by atoms with van der Waals surface area (Å²) in [4.78, 5) is 14.8. The van der Waals surface area contributed by atoms with Gasteiger partial charge in [0.25, 0.3) is 5.91 Å². The van der Waals surface area contributed by atoms with Gasteiger partial charge in [0.05, 0.1) is 23.6 Å². The van der Waals surface area contributed by atoms with E-state index in [1.54, 1.807) is 23.1 Å². The number of rotatable bonds is 3. The minimum Gasteiger partial charge on any atom is -0.375 e. The lowest BCUT2D eigenvalue weighted by Gasteiger charge is -2.37. The van der Waals surface area contributed by atoms with Gasteiger partial charge in [-0.25, -0.2) is 8.42 Å². The van der Waals surface area contributed by atoms with Crippen molar-refractivity contribution in [1.29, 1.82) is 0 Å². The summed E-state index contributed by atoms with van der Waals surface area (Å²) in [5.41, 5.74) is 0.416. The summed E-state index contributed by atoms with van der Waals surface area (Å²) in [5, 5.41) is 0. The van der Waals surface area contributed by atoms with Gasteiger partial charge in [0.2, 0.25) is 10.0 Å². The highest BCUT2D eigenvalue weighted by molar-refractivity contribution is 7.89. The second-order valence-electron chi connectivity index (χ2n) is 6.94. The Morgan fingerprint density at radius 1 is 1.16 bits per heavy atom. The molecule has 1 aromatic carbocycles. The Balaban J connectivity index is 1.84. The first-order chi connectivity index (χ1) is 11.9. The zero-order chi connectivity index (χ0) is 18.0. The van der Waals surface area contributed by atoms with Crippen LogP contribution in [-0.2, 0) is 14.8 Å². The van der Waals surface area contributed by atoms with E-state index in [1.165, 1.54) is 10.4 Å². The molecule has 0 spiro atoms. The van der Waals surface area contributed by atoms with Crippen molar-refractivity contribution in [2.45, 2.75) is 50.2 Å². The first-order valence-electron chi connectivity index (χ1n) is 8.92. The number of hydrogen-bond donors (Lipinski definition) is 0. The molecule has 6 nitrogen and oxygen atoms in total. The molecule has 0 aromatic heterocycles. The van der Waals surface area contributed by atoms with E-state index >= 15 is 0 Å². The second kappa shape index (κ2) is 7.43. The molecule has 1 aromatic rings. The van der Waals surface area contributed by atoms with Gasteiger partial charge in [0, 0.05) is 25.2 Å². The summed E-state index contributed by atoms with van der Waals surface area (Å²) in [6, 6.07) is 6.40. The number of morpholine rings is 1. The van der Waals surface area contributed by atoms with E-state index in [1.807, 2.05) is 13.8 Å². The van der Waals surface area contributed by atoms with Crippen LogP contribution in [0.5, 0.6) is 0 Å². The van der Waals surface area contributed by atoms with Crippen LogP contribution in [0.25, 0.3) is 0 Å². The summed E-state index contributed by atoms with van der Waals surface area (Å²) in [5.74, 6) is -0.140. The second-order valence-corrected chi connectivity index (χ2v) is 8.88. The highest BCUT2D eigenvalue weighted by Gasteiger charge is 2.30. The molecule has 0 saturated carbocycles. The first-order valence-corrected chi connectivity index (χ1v) is 10.4. The minimum atomic E-state index is -3.54. The molecule has 2 saturated heterocycles. The SMILES string of the molecule is CC1CN(C(=O)c2cccc(S(=O)(=O)N3CCCCC3)c2)C(C)CO1. The molecule has 25 heavy (non-hydrogen) atoms. The molecular formula is C18H26N2O4S. The highest BCUT2D eigenvalue weighted by atomic mass is 32.2. The number of benzene rings is 1. The average Bonchev–Trinajstić information content (AvgIpc) is 2.64. The largest absolute Gasteiger partial charge is 0.375 e. The fraction of sp³-hybridized carbons (Fsp3) is 0.611. The van der Waals surface area contributed by atoms with Crippen LogP contribution >= 0.6 is 0 Å². The summed E-state index contributed by atoms with van der Waals surface area (Å²) in [6.07, 6.45) is 2.83. The van der Waals surface area contributed by atoms with Crippen LogP contribution in [0, 0.1) is 0 Å². The van der Waals surface area contributed by atoms with Crippen molar-refractivity contribution in [1.82, 2.24) is 9.21 Å². The quantitative estimate of drug-likeness (QED) is 0.822. The van der Waals surface area contributed by atoms with Gasteiger partial charge >= 0.3 is 0 Å². The zero-order valence-corrected chi connectivity index (χ0v) is 15.7. The molecule has 3 rings (SSSR count). The van der Waals surface area contributed by atoms with Gasteiger partial charge in [-0.3, -0.25) is 4.79 Å². The third-order valence-electron chi connectivity index (χ3n) is 4.90. The molecule has 2 atom stereocenters. The monoisotopic (exact) mass is 366 g/mol. The lowest BCUT2D eigenvalue weighted by molar-refractivity contribution is -0.0387. The van der Waals surface area contributed by atoms with E-state index in [4.69, 9.17) is 4.74 Å². The Hall–Kier alpha value is -1.44. The molecule has 0 bridgehead atoms. The number of hydrogen-bond acceptors (Lipinski definition) is 4. The Morgan fingerprint density at radius 3 is 2.60 bits per heavy atom. The van der Waals surface area contributed by atoms with Crippen LogP contribution < -0.4 is 0 Å². The fourth-order valence-electron chi connectivity index (χ4n) is 3.40. The van der Waals surface area contributed by atoms with Crippen LogP contribution in [-0.4, -0.2) is 61.9 Å². The summed E-state index contributed by atoms with van der Waals surface area (Å²) < 4.78 is 32.8. The Labute approximate surface area is 149 Å². The Bertz CT molecular complexity index is 728. The topological polar surface area (TPSA) is 66.9 Å². The van der Waals surface area contributed by atoms with E-state index in [2.05, 4.69) is 0 Å². The van der Waals surface area contributed by atoms with Gasteiger partial charge in [-0.1, -0.05) is 12.5 Å². The number of sulfonamides is 1. The zero-order valence-electron chi connectivity index (χ0n) is 14.8. The van der Waals surface area contributed by atoms with Gasteiger partial charge in [-0.15, -0.1) is 0 Å². The highest BCUT2D eigenvalue weighted by Crippen LogP contribution is 2.23. The van der Waals surface area contributed by atoms with Gasteiger partial charge in [-0.2, -0.15) is 4.31 Å². The number of piperidine rings is 1. The molecule has 0 radical (unpaired) electrons. The predicted octanol–water partition coefficient (Wildman–Crippen LogP) is 2.11. The van der Waals surface area contributed by atoms with Crippen molar-refractivity contribution in [3.63, 3.8) is 0 Å². The Kier molecular flexibility index (Phi) is 5.46. The average molecular weight is 366 g/mol. The normalized spacial score (nSPS) is 25.8. The third kappa shape index (κ3) is 3.88. The van der Waals surface area contributed by atoms with E-state index in [-0.39, 0.29) is 22.9 Å². The lowest BCUT2D eigenvalue weighted by Crippen LogP contribution is -2.50. The maximum absolute atomic E-state index is 12.9. The van der Waals surface area contributed by atoms with Gasteiger partial charge in [-0.05, 0) is 44.9 Å². The van der Waals surface area contributed by atoms with Crippen LogP contribution in [0.4, 0.5) is 0 Å². The Morgan fingerprint density at radius 2 is 1.88 bits per heavy atom. The van der Waals surface area contributed by atoms with Crippen molar-refractivity contribution in [3.05, 3.63) is 29.8 Å². The molecule has 1 amide bonds. The van der Waals surface area contributed by atoms with E-state index in [0.29, 0.717) is 31.8 Å². The standard InChI is InChI=1S/C18H26N2O4S/c1-14-13-24-15(2)12-20(14)18(21)16-7-6-8-17(11-16)25(22,23)19-9-4-3-5-10-19/h6-8,11,14-15H,3-5,9-10,12-13H2,1-2H3. The van der Waals surface area contributed by atoms with Gasteiger partial charge in [0.15, 0.2) is 0 Å². The van der Waals surface area contributed by atoms with E-state index < -0.39 is 10.0 Å². The number of carbonyl (C=O) groups is 1. The van der Waals surface area contributed by atoms with Crippen molar-refractivity contribution in [3.8, 4) is 0 Å². The minimum absolute atomic E-state index is 0.0135. The summed E-state index contributed by atoms with van der Waals surface area (Å²) in [6.45, 7) is 6.00. The number of carbonyl (C=O) groups excluding carboxylic acids is 1. The molecule has 0 N–H and O–H groups in total. The molecule has 2 unspecified atom stereocenters. The molecule has 2 aliphatic heterocycles. The van der Waals surface area contributed by atoms with Crippen LogP contribution in [0.2, 0.25) is 0 Å². The summed E-state index contributed by atoms with van der Waals surface area (Å²) in [7, 11) is -3.54. The number of nitrogens with zero attached hydrogens (tertiary/aromatic N) is 2. The maximum atomic E-state index is 12.9. The predicted molar refractivity (Wildman–Crippen MR) is 95.0 cm³/mol. The van der Waals surface area contributed by atoms with Crippen molar-refractivity contribution < 1.29 is 17.9 Å². The first kappa shape index (κ1) is 18.4. The van der Waals surface area contributed by atoms with Crippen LogP contribution in [0.3, 0.4) is 0 Å². The molecule has 2 fully saturated rings. The molecule has 7 heteroatoms. The molecule has 2 aliphatic rings. The van der Waals surface area contributed by atoms with Crippen molar-refractivity contribution in [2.75, 3.05) is 26.2 Å². The number of ether oxygens (including phenoxy) is 1. The van der Waals surface area contributed by atoms with Crippen molar-refractivity contribution in [2.24, 2.45) is 0 Å². The number of amides is 1. The molecular weight excluding hydrogens is 340 g/mol. The smallest absolute Gasteiger partial charge is 0.254 e. The summed E-state index contributed by atoms with van der Waals surface area (Å²) >= 11 is 0. The van der Waals surface area contributed by atoms with Gasteiger partial charge < -0.3 is 9.64 Å². The van der Waals surface area contributed by atoms with E-state index in [0.717, 1.165) is 19.3 Å². The lowest BCUT2D eigenvalue weighted by atomic mass is 10.1. The van der Waals surface area contributed by atoms with Gasteiger partial charge in [0.1, 0.15) is 0 Å².